The Morgan fingerprint density at radius 2 is 1.96 bits per heavy atom. The van der Waals surface area contributed by atoms with Crippen molar-refractivity contribution in [3.05, 3.63) is 70.3 Å². The number of benzene rings is 1. The van der Waals surface area contributed by atoms with Gasteiger partial charge >= 0.3 is 0 Å². The van der Waals surface area contributed by atoms with Crippen LogP contribution in [0.15, 0.2) is 53.5 Å². The zero-order valence-corrected chi connectivity index (χ0v) is 13.7. The lowest BCUT2D eigenvalue weighted by molar-refractivity contribution is 0.102. The molecule has 7 nitrogen and oxygen atoms in total. The van der Waals surface area contributed by atoms with E-state index in [0.29, 0.717) is 22.8 Å². The van der Waals surface area contributed by atoms with Crippen molar-refractivity contribution in [3.8, 4) is 17.3 Å². The highest BCUT2D eigenvalue weighted by Gasteiger charge is 2.13. The quantitative estimate of drug-likeness (QED) is 0.762. The lowest BCUT2D eigenvalue weighted by Gasteiger charge is -2.09. The van der Waals surface area contributed by atoms with Crippen LogP contribution in [-0.2, 0) is 0 Å². The van der Waals surface area contributed by atoms with E-state index >= 15 is 0 Å². The van der Waals surface area contributed by atoms with E-state index in [-0.39, 0.29) is 17.3 Å². The predicted molar refractivity (Wildman–Crippen MR) is 93.8 cm³/mol. The number of nitrogens with zero attached hydrogens (tertiary/aromatic N) is 2. The Bertz CT molecular complexity index is 965. The summed E-state index contributed by atoms with van der Waals surface area (Å²) in [7, 11) is 1.46. The van der Waals surface area contributed by atoms with Gasteiger partial charge in [0.1, 0.15) is 11.4 Å². The highest BCUT2D eigenvalue weighted by Crippen LogP contribution is 2.19. The first-order valence-electron chi connectivity index (χ1n) is 7.55. The summed E-state index contributed by atoms with van der Waals surface area (Å²) in [6, 6.07) is 11.7. The summed E-state index contributed by atoms with van der Waals surface area (Å²) in [5, 5.41) is 2.78. The highest BCUT2D eigenvalue weighted by molar-refractivity contribution is 6.05. The largest absolute Gasteiger partial charge is 0.480 e. The van der Waals surface area contributed by atoms with E-state index in [1.165, 1.54) is 13.2 Å². The van der Waals surface area contributed by atoms with Crippen molar-refractivity contribution in [3.63, 3.8) is 0 Å². The van der Waals surface area contributed by atoms with Gasteiger partial charge in [-0.1, -0.05) is 0 Å². The maximum atomic E-state index is 12.3. The van der Waals surface area contributed by atoms with Gasteiger partial charge in [-0.15, -0.1) is 0 Å². The maximum Gasteiger partial charge on any atom is 0.261 e. The molecule has 0 saturated heterocycles. The lowest BCUT2D eigenvalue weighted by atomic mass is 10.2. The second kappa shape index (κ2) is 6.96. The average molecular weight is 336 g/mol. The standard InChI is InChI=1S/C18H16N4O3/c1-11-10-15(23)22-16(20-11)12-5-7-13(8-6-12)21-17(24)14-4-3-9-19-18(14)25-2/h3-10H,1-2H3,(H,21,24)(H,20,22,23). The molecule has 0 aliphatic carbocycles. The van der Waals surface area contributed by atoms with E-state index in [9.17, 15) is 9.59 Å². The number of methoxy groups -OCH3 is 1. The van der Waals surface area contributed by atoms with Gasteiger partial charge in [0, 0.05) is 29.2 Å². The molecule has 0 radical (unpaired) electrons. The van der Waals surface area contributed by atoms with Crippen LogP contribution in [0.1, 0.15) is 16.1 Å². The van der Waals surface area contributed by atoms with Crippen LogP contribution in [0.4, 0.5) is 5.69 Å². The van der Waals surface area contributed by atoms with E-state index in [2.05, 4.69) is 20.3 Å². The monoisotopic (exact) mass is 336 g/mol. The summed E-state index contributed by atoms with van der Waals surface area (Å²) in [6.07, 6.45) is 1.56. The Morgan fingerprint density at radius 3 is 2.64 bits per heavy atom. The van der Waals surface area contributed by atoms with Crippen molar-refractivity contribution >= 4 is 11.6 Å². The van der Waals surface area contributed by atoms with Gasteiger partial charge in [0.25, 0.3) is 11.5 Å². The molecule has 0 fully saturated rings. The van der Waals surface area contributed by atoms with E-state index in [1.54, 1.807) is 49.5 Å². The fourth-order valence-electron chi connectivity index (χ4n) is 2.35. The molecule has 2 N–H and O–H groups in total. The third-order valence-electron chi connectivity index (χ3n) is 3.50. The number of rotatable bonds is 4. The number of pyridine rings is 1. The highest BCUT2D eigenvalue weighted by atomic mass is 16.5. The number of hydrogen-bond donors (Lipinski definition) is 2. The number of carbonyl (C=O) groups excluding carboxylic acids is 1. The molecule has 1 amide bonds. The van der Waals surface area contributed by atoms with Gasteiger partial charge in [0.15, 0.2) is 0 Å². The van der Waals surface area contributed by atoms with Gasteiger partial charge in [0.05, 0.1) is 7.11 Å². The van der Waals surface area contributed by atoms with Crippen molar-refractivity contribution in [2.75, 3.05) is 12.4 Å². The Hall–Kier alpha value is -3.48. The van der Waals surface area contributed by atoms with Crippen molar-refractivity contribution in [2.45, 2.75) is 6.92 Å². The zero-order valence-electron chi connectivity index (χ0n) is 13.7. The number of carbonyl (C=O) groups is 1. The molecule has 0 unspecified atom stereocenters. The fourth-order valence-corrected chi connectivity index (χ4v) is 2.35. The smallest absolute Gasteiger partial charge is 0.261 e. The van der Waals surface area contributed by atoms with Gasteiger partial charge in [-0.2, -0.15) is 0 Å². The Balaban J connectivity index is 1.81. The molecule has 7 heteroatoms. The normalized spacial score (nSPS) is 10.3. The van der Waals surface area contributed by atoms with Crippen molar-refractivity contribution < 1.29 is 9.53 Å². The molecule has 0 atom stereocenters. The number of anilines is 1. The second-order valence-electron chi connectivity index (χ2n) is 5.33. The van der Waals surface area contributed by atoms with E-state index < -0.39 is 0 Å². The molecule has 2 heterocycles. The summed E-state index contributed by atoms with van der Waals surface area (Å²) >= 11 is 0. The first-order valence-corrected chi connectivity index (χ1v) is 7.55. The van der Waals surface area contributed by atoms with Gasteiger partial charge in [0.2, 0.25) is 5.88 Å². The zero-order chi connectivity index (χ0) is 17.8. The summed E-state index contributed by atoms with van der Waals surface area (Å²) in [4.78, 5) is 34.9. The number of aryl methyl sites for hydroxylation is 1. The van der Waals surface area contributed by atoms with Gasteiger partial charge in [-0.3, -0.25) is 9.59 Å². The summed E-state index contributed by atoms with van der Waals surface area (Å²) < 4.78 is 5.09. The Morgan fingerprint density at radius 1 is 1.20 bits per heavy atom. The number of aromatic amines is 1. The topological polar surface area (TPSA) is 97.0 Å². The van der Waals surface area contributed by atoms with Crippen molar-refractivity contribution in [2.24, 2.45) is 0 Å². The number of H-pyrrole nitrogens is 1. The first-order chi connectivity index (χ1) is 12.1. The number of amides is 1. The first kappa shape index (κ1) is 16.4. The molecular formula is C18H16N4O3. The molecule has 3 rings (SSSR count). The second-order valence-corrected chi connectivity index (χ2v) is 5.33. The molecule has 0 aliphatic heterocycles. The van der Waals surface area contributed by atoms with Crippen LogP contribution in [0.3, 0.4) is 0 Å². The van der Waals surface area contributed by atoms with Gasteiger partial charge in [-0.25, -0.2) is 9.97 Å². The molecule has 126 valence electrons. The molecule has 25 heavy (non-hydrogen) atoms. The number of nitrogens with one attached hydrogen (secondary N) is 2. The van der Waals surface area contributed by atoms with E-state index in [0.717, 1.165) is 5.56 Å². The summed E-state index contributed by atoms with van der Waals surface area (Å²) in [6.45, 7) is 1.76. The number of ether oxygens (including phenoxy) is 1. The Labute approximate surface area is 143 Å². The molecule has 3 aromatic rings. The minimum absolute atomic E-state index is 0.205. The molecule has 0 spiro atoms. The molecule has 0 bridgehead atoms. The third kappa shape index (κ3) is 3.72. The van der Waals surface area contributed by atoms with Crippen LogP contribution in [-0.4, -0.2) is 28.0 Å². The SMILES string of the molecule is COc1ncccc1C(=O)Nc1ccc(-c2nc(C)cc(=O)[nH]2)cc1. The van der Waals surface area contributed by atoms with Crippen LogP contribution in [0, 0.1) is 6.92 Å². The average Bonchev–Trinajstić information content (AvgIpc) is 2.61. The minimum Gasteiger partial charge on any atom is -0.480 e. The van der Waals surface area contributed by atoms with Crippen LogP contribution < -0.4 is 15.6 Å². The Kier molecular flexibility index (Phi) is 4.56. The van der Waals surface area contributed by atoms with E-state index in [4.69, 9.17) is 4.74 Å². The molecule has 0 aliphatic rings. The molecule has 2 aromatic heterocycles. The lowest BCUT2D eigenvalue weighted by Crippen LogP contribution is -2.13. The van der Waals surface area contributed by atoms with Crippen molar-refractivity contribution in [1.29, 1.82) is 0 Å². The summed E-state index contributed by atoms with van der Waals surface area (Å²) in [5.41, 5.74) is 2.13. The molecule has 1 aromatic carbocycles. The minimum atomic E-state index is -0.320. The van der Waals surface area contributed by atoms with Gasteiger partial charge in [-0.05, 0) is 43.3 Å². The fraction of sp³-hybridized carbons (Fsp3) is 0.111. The van der Waals surface area contributed by atoms with Crippen LogP contribution >= 0.6 is 0 Å². The van der Waals surface area contributed by atoms with Crippen molar-refractivity contribution in [1.82, 2.24) is 15.0 Å². The molecule has 0 saturated carbocycles. The number of aromatic nitrogens is 3. The van der Waals surface area contributed by atoms with Crippen LogP contribution in [0.2, 0.25) is 0 Å². The van der Waals surface area contributed by atoms with Crippen LogP contribution in [0.5, 0.6) is 5.88 Å². The third-order valence-corrected chi connectivity index (χ3v) is 3.50. The summed E-state index contributed by atoms with van der Waals surface area (Å²) in [5.74, 6) is 0.426. The maximum absolute atomic E-state index is 12.3. The molecular weight excluding hydrogens is 320 g/mol. The van der Waals surface area contributed by atoms with Gasteiger partial charge < -0.3 is 15.0 Å². The van der Waals surface area contributed by atoms with E-state index in [1.807, 2.05) is 0 Å². The predicted octanol–water partition coefficient (Wildman–Crippen LogP) is 2.40. The van der Waals surface area contributed by atoms with Crippen LogP contribution in [0.25, 0.3) is 11.4 Å². The number of hydrogen-bond acceptors (Lipinski definition) is 5.